The van der Waals surface area contributed by atoms with Crippen LogP contribution in [0.1, 0.15) is 23.4 Å². The Morgan fingerprint density at radius 1 is 1.14 bits per heavy atom. The average molecular weight is 391 g/mol. The molecule has 5 nitrogen and oxygen atoms in total. The van der Waals surface area contributed by atoms with Gasteiger partial charge in [-0.15, -0.1) is 11.3 Å². The normalized spacial score (nSPS) is 13.5. The molecule has 142 valence electrons. The van der Waals surface area contributed by atoms with Crippen molar-refractivity contribution >= 4 is 28.3 Å². The molecule has 28 heavy (non-hydrogen) atoms. The summed E-state index contributed by atoms with van der Waals surface area (Å²) < 4.78 is 10.8. The highest BCUT2D eigenvalue weighted by molar-refractivity contribution is 7.13. The predicted molar refractivity (Wildman–Crippen MR) is 114 cm³/mol. The van der Waals surface area contributed by atoms with Crippen LogP contribution in [0.2, 0.25) is 0 Å². The number of fused-ring (bicyclic) bond motifs is 2. The van der Waals surface area contributed by atoms with Crippen molar-refractivity contribution < 1.29 is 9.47 Å². The van der Waals surface area contributed by atoms with Gasteiger partial charge in [-0.05, 0) is 43.2 Å². The Bertz CT molecular complexity index is 1210. The van der Waals surface area contributed by atoms with Gasteiger partial charge in [0.2, 0.25) is 0 Å². The molecule has 3 aromatic heterocycles. The van der Waals surface area contributed by atoms with E-state index in [1.165, 1.54) is 11.1 Å². The Hall–Kier alpha value is -2.99. The van der Waals surface area contributed by atoms with E-state index >= 15 is 0 Å². The lowest BCUT2D eigenvalue weighted by Crippen LogP contribution is -2.00. The van der Waals surface area contributed by atoms with Crippen LogP contribution in [0, 0.1) is 6.92 Å². The van der Waals surface area contributed by atoms with Gasteiger partial charge in [-0.2, -0.15) is 0 Å². The van der Waals surface area contributed by atoms with E-state index in [2.05, 4.69) is 46.7 Å². The number of allylic oxidation sites excluding steroid dienone is 1. The van der Waals surface area contributed by atoms with Gasteiger partial charge in [0.05, 0.1) is 25.7 Å². The van der Waals surface area contributed by atoms with Crippen LogP contribution < -0.4 is 4.74 Å². The zero-order chi connectivity index (χ0) is 19.3. The van der Waals surface area contributed by atoms with Crippen molar-refractivity contribution in [3.8, 4) is 27.6 Å². The number of methoxy groups -OCH3 is 2. The number of nitrogens with zero attached hydrogens (tertiary/aromatic N) is 1. The topological polar surface area (TPSA) is 62.9 Å². The van der Waals surface area contributed by atoms with Crippen molar-refractivity contribution in [3.63, 3.8) is 0 Å². The molecule has 0 amide bonds. The molecule has 0 unspecified atom stereocenters. The van der Waals surface area contributed by atoms with Crippen molar-refractivity contribution in [2.24, 2.45) is 0 Å². The Morgan fingerprint density at radius 3 is 2.86 bits per heavy atom. The maximum atomic E-state index is 5.42. The lowest BCUT2D eigenvalue weighted by Gasteiger charge is -2.13. The number of rotatable bonds is 4. The molecule has 0 fully saturated rings. The van der Waals surface area contributed by atoms with Crippen LogP contribution >= 0.6 is 11.3 Å². The third-order valence-electron chi connectivity index (χ3n) is 5.40. The molecule has 0 saturated carbocycles. The summed E-state index contributed by atoms with van der Waals surface area (Å²) in [5, 5.41) is 4.32. The highest BCUT2D eigenvalue weighted by atomic mass is 32.1. The summed E-state index contributed by atoms with van der Waals surface area (Å²) >= 11 is 1.68. The molecular formula is C22H21N3O2S. The van der Waals surface area contributed by atoms with Crippen molar-refractivity contribution in [1.29, 1.82) is 0 Å². The zero-order valence-corrected chi connectivity index (χ0v) is 16.9. The molecule has 0 saturated heterocycles. The van der Waals surface area contributed by atoms with Gasteiger partial charge in [-0.1, -0.05) is 0 Å². The third-order valence-corrected chi connectivity index (χ3v) is 6.27. The van der Waals surface area contributed by atoms with E-state index in [0.29, 0.717) is 0 Å². The number of nitrogens with one attached hydrogen (secondary N) is 2. The van der Waals surface area contributed by atoms with Gasteiger partial charge >= 0.3 is 0 Å². The molecule has 0 radical (unpaired) electrons. The van der Waals surface area contributed by atoms with Gasteiger partial charge in [-0.3, -0.25) is 0 Å². The molecule has 0 spiro atoms. The first-order valence-electron chi connectivity index (χ1n) is 9.25. The molecule has 1 aliphatic carbocycles. The predicted octanol–water partition coefficient (Wildman–Crippen LogP) is 5.54. The van der Waals surface area contributed by atoms with Gasteiger partial charge in [0.15, 0.2) is 0 Å². The second-order valence-corrected chi connectivity index (χ2v) is 7.84. The Morgan fingerprint density at radius 2 is 2.04 bits per heavy atom. The summed E-state index contributed by atoms with van der Waals surface area (Å²) in [6, 6.07) is 6.10. The van der Waals surface area contributed by atoms with Crippen molar-refractivity contribution in [1.82, 2.24) is 15.0 Å². The fourth-order valence-electron chi connectivity index (χ4n) is 3.98. The van der Waals surface area contributed by atoms with E-state index in [-0.39, 0.29) is 0 Å². The monoisotopic (exact) mass is 391 g/mol. The van der Waals surface area contributed by atoms with Crippen molar-refractivity contribution in [2.45, 2.75) is 19.8 Å². The first kappa shape index (κ1) is 17.1. The number of hydrogen-bond acceptors (Lipinski definition) is 4. The molecule has 0 atom stereocenters. The molecule has 1 aliphatic rings. The number of benzene rings is 1. The van der Waals surface area contributed by atoms with E-state index in [1.807, 2.05) is 6.07 Å². The number of aromatic nitrogens is 3. The minimum atomic E-state index is 0.851. The minimum Gasteiger partial charge on any atom is -0.501 e. The standard InChI is InChI=1S/C22H21N3O2S/c1-12-21(16-8-13(26-2)5-7-18(16)24-12)20-11-28-22(25-20)17-10-23-19-9-14(27-3)4-6-15(17)19/h5,7-11,23-24H,4,6H2,1-3H3. The third kappa shape index (κ3) is 2.64. The number of H-pyrrole nitrogens is 2. The van der Waals surface area contributed by atoms with Crippen LogP contribution in [0.4, 0.5) is 0 Å². The molecule has 4 aromatic rings. The van der Waals surface area contributed by atoms with Gasteiger partial charge < -0.3 is 19.4 Å². The van der Waals surface area contributed by atoms with Gasteiger partial charge in [0, 0.05) is 51.4 Å². The van der Waals surface area contributed by atoms with Crippen LogP contribution in [-0.4, -0.2) is 29.2 Å². The van der Waals surface area contributed by atoms with E-state index in [1.54, 1.807) is 25.6 Å². The van der Waals surface area contributed by atoms with Crippen molar-refractivity contribution in [2.75, 3.05) is 14.2 Å². The van der Waals surface area contributed by atoms with Gasteiger partial charge in [-0.25, -0.2) is 4.98 Å². The van der Waals surface area contributed by atoms with E-state index < -0.39 is 0 Å². The maximum absolute atomic E-state index is 5.42. The number of hydrogen-bond donors (Lipinski definition) is 2. The van der Waals surface area contributed by atoms with E-state index in [4.69, 9.17) is 14.5 Å². The lowest BCUT2D eigenvalue weighted by atomic mass is 9.99. The number of ether oxygens (including phenoxy) is 2. The SMILES string of the molecule is COC1=Cc2[nH]cc(-c3nc(-c4c(C)[nH]c5ccc(OC)cc45)cs3)c2CC1. The van der Waals surface area contributed by atoms with Crippen LogP contribution in [0.5, 0.6) is 5.75 Å². The molecular weight excluding hydrogens is 370 g/mol. The number of aryl methyl sites for hydroxylation is 1. The second-order valence-electron chi connectivity index (χ2n) is 6.98. The van der Waals surface area contributed by atoms with E-state index in [0.717, 1.165) is 62.9 Å². The molecule has 0 bridgehead atoms. The number of aromatic amines is 2. The van der Waals surface area contributed by atoms with E-state index in [9.17, 15) is 0 Å². The molecule has 1 aromatic carbocycles. The molecule has 0 aliphatic heterocycles. The molecule has 3 heterocycles. The highest BCUT2D eigenvalue weighted by Crippen LogP contribution is 2.39. The number of thiazole rings is 1. The summed E-state index contributed by atoms with van der Waals surface area (Å²) in [7, 11) is 3.42. The second kappa shape index (κ2) is 6.56. The Balaban J connectivity index is 1.58. The first-order valence-corrected chi connectivity index (χ1v) is 10.1. The summed E-state index contributed by atoms with van der Waals surface area (Å²) in [5.41, 5.74) is 7.98. The summed E-state index contributed by atoms with van der Waals surface area (Å²) in [6.45, 7) is 2.09. The fraction of sp³-hybridized carbons (Fsp3) is 0.227. The summed E-state index contributed by atoms with van der Waals surface area (Å²) in [5.74, 6) is 1.87. The maximum Gasteiger partial charge on any atom is 0.125 e. The quantitative estimate of drug-likeness (QED) is 0.480. The van der Waals surface area contributed by atoms with Gasteiger partial charge in [0.1, 0.15) is 10.8 Å². The highest BCUT2D eigenvalue weighted by Gasteiger charge is 2.21. The lowest BCUT2D eigenvalue weighted by molar-refractivity contribution is 0.280. The minimum absolute atomic E-state index is 0.851. The Labute approximate surface area is 167 Å². The first-order chi connectivity index (χ1) is 13.7. The largest absolute Gasteiger partial charge is 0.501 e. The van der Waals surface area contributed by atoms with Crippen molar-refractivity contribution in [3.05, 3.63) is 52.5 Å². The summed E-state index contributed by atoms with van der Waals surface area (Å²) in [6.07, 6.45) is 6.04. The fourth-order valence-corrected chi connectivity index (χ4v) is 4.83. The summed E-state index contributed by atoms with van der Waals surface area (Å²) in [4.78, 5) is 11.8. The Kier molecular flexibility index (Phi) is 4.02. The van der Waals surface area contributed by atoms with Gasteiger partial charge in [0.25, 0.3) is 0 Å². The molecule has 2 N–H and O–H groups in total. The average Bonchev–Trinajstić information content (AvgIpc) is 3.42. The zero-order valence-electron chi connectivity index (χ0n) is 16.1. The van der Waals surface area contributed by atoms with Crippen LogP contribution in [0.3, 0.4) is 0 Å². The molecule has 6 heteroatoms. The van der Waals surface area contributed by atoms with Crippen LogP contribution in [-0.2, 0) is 11.2 Å². The molecule has 5 rings (SSSR count). The van der Waals surface area contributed by atoms with Crippen LogP contribution in [0.25, 0.3) is 38.8 Å². The smallest absolute Gasteiger partial charge is 0.125 e. The van der Waals surface area contributed by atoms with Crippen LogP contribution in [0.15, 0.2) is 35.5 Å².